The van der Waals surface area contributed by atoms with Crippen molar-refractivity contribution in [1.29, 1.82) is 0 Å². The molecular formula is C19H18O2. The maximum atomic E-state index is 6.10. The van der Waals surface area contributed by atoms with Crippen molar-refractivity contribution in [3.05, 3.63) is 65.2 Å². The molecule has 21 heavy (non-hydrogen) atoms. The summed E-state index contributed by atoms with van der Waals surface area (Å²) in [6.07, 6.45) is -0.193. The van der Waals surface area contributed by atoms with E-state index in [4.69, 9.17) is 9.47 Å². The van der Waals surface area contributed by atoms with Gasteiger partial charge in [0.15, 0.2) is 0 Å². The smallest absolute Gasteiger partial charge is 0.145 e. The Bertz CT molecular complexity index is 720. The molecule has 0 spiro atoms. The molecule has 1 unspecified atom stereocenters. The molecule has 0 amide bonds. The summed E-state index contributed by atoms with van der Waals surface area (Å²) >= 11 is 0. The van der Waals surface area contributed by atoms with Crippen molar-refractivity contribution in [2.45, 2.75) is 25.6 Å². The van der Waals surface area contributed by atoms with Gasteiger partial charge >= 0.3 is 0 Å². The van der Waals surface area contributed by atoms with Crippen LogP contribution < -0.4 is 4.74 Å². The highest BCUT2D eigenvalue weighted by Gasteiger charge is 2.36. The summed E-state index contributed by atoms with van der Waals surface area (Å²) in [4.78, 5) is 0. The summed E-state index contributed by atoms with van der Waals surface area (Å²) in [5, 5.41) is 0. The Morgan fingerprint density at radius 2 is 1.76 bits per heavy atom. The molecule has 0 N–H and O–H groups in total. The molecule has 2 heteroatoms. The number of para-hydroxylation sites is 1. The molecule has 0 saturated carbocycles. The van der Waals surface area contributed by atoms with E-state index in [-0.39, 0.29) is 11.7 Å². The Morgan fingerprint density at radius 1 is 1.05 bits per heavy atom. The highest BCUT2D eigenvalue weighted by Crippen LogP contribution is 2.42. The van der Waals surface area contributed by atoms with Gasteiger partial charge in [0.2, 0.25) is 0 Å². The van der Waals surface area contributed by atoms with Crippen molar-refractivity contribution < 1.29 is 9.47 Å². The first-order chi connectivity index (χ1) is 10.1. The van der Waals surface area contributed by atoms with E-state index in [1.54, 1.807) is 7.11 Å². The maximum absolute atomic E-state index is 6.10. The minimum Gasteiger partial charge on any atom is -0.495 e. The molecule has 2 aromatic carbocycles. The summed E-state index contributed by atoms with van der Waals surface area (Å²) in [7, 11) is 1.66. The third kappa shape index (κ3) is 2.53. The first-order valence-corrected chi connectivity index (χ1v) is 7.03. The summed E-state index contributed by atoms with van der Waals surface area (Å²) in [5.74, 6) is 7.20. The molecule has 1 aliphatic heterocycles. The first-order valence-electron chi connectivity index (χ1n) is 7.03. The summed E-state index contributed by atoms with van der Waals surface area (Å²) < 4.78 is 11.4. The normalized spacial score (nSPS) is 18.5. The van der Waals surface area contributed by atoms with Gasteiger partial charge in [-0.2, -0.15) is 0 Å². The van der Waals surface area contributed by atoms with Gasteiger partial charge in [0.05, 0.1) is 18.3 Å². The molecule has 1 heterocycles. The van der Waals surface area contributed by atoms with Crippen LogP contribution >= 0.6 is 0 Å². The molecule has 106 valence electrons. The third-order valence-corrected chi connectivity index (χ3v) is 3.75. The van der Waals surface area contributed by atoms with Gasteiger partial charge in [0.1, 0.15) is 11.9 Å². The second kappa shape index (κ2) is 5.27. The molecule has 2 nitrogen and oxygen atoms in total. The largest absolute Gasteiger partial charge is 0.495 e. The monoisotopic (exact) mass is 278 g/mol. The molecule has 0 aliphatic carbocycles. The number of benzene rings is 2. The minimum absolute atomic E-state index is 0.193. The number of ether oxygens (including phenoxy) is 2. The zero-order valence-corrected chi connectivity index (χ0v) is 12.5. The van der Waals surface area contributed by atoms with Crippen molar-refractivity contribution in [1.82, 2.24) is 0 Å². The molecule has 0 fully saturated rings. The molecule has 1 atom stereocenters. The van der Waals surface area contributed by atoms with Gasteiger partial charge < -0.3 is 9.47 Å². The van der Waals surface area contributed by atoms with Crippen LogP contribution in [-0.4, -0.2) is 7.11 Å². The van der Waals surface area contributed by atoms with Crippen molar-refractivity contribution in [3.8, 4) is 17.6 Å². The van der Waals surface area contributed by atoms with Crippen LogP contribution in [0.3, 0.4) is 0 Å². The lowest BCUT2D eigenvalue weighted by Gasteiger charge is -2.18. The third-order valence-electron chi connectivity index (χ3n) is 3.75. The summed E-state index contributed by atoms with van der Waals surface area (Å²) in [6.45, 7) is 4.16. The Balaban J connectivity index is 1.96. The van der Waals surface area contributed by atoms with E-state index in [9.17, 15) is 0 Å². The predicted molar refractivity (Wildman–Crippen MR) is 83.2 cm³/mol. The molecule has 0 radical (unpaired) electrons. The first kappa shape index (κ1) is 13.7. The van der Waals surface area contributed by atoms with Gasteiger partial charge in [-0.25, -0.2) is 0 Å². The van der Waals surface area contributed by atoms with Crippen LogP contribution in [0.15, 0.2) is 48.5 Å². The number of methoxy groups -OCH3 is 1. The highest BCUT2D eigenvalue weighted by molar-refractivity contribution is 5.48. The molecule has 1 aliphatic rings. The zero-order chi connectivity index (χ0) is 14.9. The molecular weight excluding hydrogens is 260 g/mol. The maximum Gasteiger partial charge on any atom is 0.145 e. The zero-order valence-electron chi connectivity index (χ0n) is 12.5. The number of fused-ring (bicyclic) bond motifs is 1. The van der Waals surface area contributed by atoms with Crippen LogP contribution in [0.2, 0.25) is 0 Å². The van der Waals surface area contributed by atoms with Crippen LogP contribution in [0, 0.1) is 11.8 Å². The SMILES string of the molecule is COc1ccccc1C#CC1OC(C)(C)c2ccccc21. The molecule has 0 saturated heterocycles. The molecule has 3 rings (SSSR count). The van der Waals surface area contributed by atoms with Crippen molar-refractivity contribution in [3.63, 3.8) is 0 Å². The standard InChI is InChI=1S/C19H18O2/c1-19(2)16-10-6-5-9-15(16)18(21-19)13-12-14-8-4-7-11-17(14)20-3/h4-11,18H,1-3H3. The van der Waals surface area contributed by atoms with Gasteiger partial charge in [-0.1, -0.05) is 48.2 Å². The average Bonchev–Trinajstić information content (AvgIpc) is 2.77. The van der Waals surface area contributed by atoms with E-state index in [0.29, 0.717) is 0 Å². The lowest BCUT2D eigenvalue weighted by molar-refractivity contribution is -0.0267. The number of rotatable bonds is 1. The fraction of sp³-hybridized carbons (Fsp3) is 0.263. The fourth-order valence-corrected chi connectivity index (χ4v) is 2.69. The van der Waals surface area contributed by atoms with E-state index in [2.05, 4.69) is 37.8 Å². The Hall–Kier alpha value is -2.24. The summed E-state index contributed by atoms with van der Waals surface area (Å²) in [6, 6.07) is 16.0. The van der Waals surface area contributed by atoms with Crippen LogP contribution in [-0.2, 0) is 10.3 Å². The highest BCUT2D eigenvalue weighted by atomic mass is 16.5. The van der Waals surface area contributed by atoms with Crippen LogP contribution in [0.25, 0.3) is 0 Å². The summed E-state index contributed by atoms with van der Waals surface area (Å²) in [5.41, 5.74) is 2.96. The molecule has 0 bridgehead atoms. The second-order valence-electron chi connectivity index (χ2n) is 5.57. The molecule has 0 aromatic heterocycles. The van der Waals surface area contributed by atoms with E-state index < -0.39 is 0 Å². The van der Waals surface area contributed by atoms with Gasteiger partial charge in [0, 0.05) is 0 Å². The van der Waals surface area contributed by atoms with Crippen molar-refractivity contribution in [2.24, 2.45) is 0 Å². The van der Waals surface area contributed by atoms with E-state index in [1.807, 2.05) is 36.4 Å². The topological polar surface area (TPSA) is 18.5 Å². The van der Waals surface area contributed by atoms with E-state index in [0.717, 1.165) is 16.9 Å². The van der Waals surface area contributed by atoms with Crippen molar-refractivity contribution in [2.75, 3.05) is 7.11 Å². The van der Waals surface area contributed by atoms with E-state index >= 15 is 0 Å². The quantitative estimate of drug-likeness (QED) is 0.733. The lowest BCUT2D eigenvalue weighted by Crippen LogP contribution is -2.15. The number of hydrogen-bond donors (Lipinski definition) is 0. The van der Waals surface area contributed by atoms with Crippen LogP contribution in [0.1, 0.15) is 36.6 Å². The van der Waals surface area contributed by atoms with Crippen LogP contribution in [0.4, 0.5) is 0 Å². The predicted octanol–water partition coefficient (Wildman–Crippen LogP) is 4.05. The lowest BCUT2D eigenvalue weighted by atomic mass is 9.95. The Labute approximate surface area is 125 Å². The van der Waals surface area contributed by atoms with Crippen LogP contribution in [0.5, 0.6) is 5.75 Å². The van der Waals surface area contributed by atoms with Gasteiger partial charge in [-0.15, -0.1) is 0 Å². The minimum atomic E-state index is -0.295. The molecule has 2 aromatic rings. The van der Waals surface area contributed by atoms with E-state index in [1.165, 1.54) is 5.56 Å². The van der Waals surface area contributed by atoms with Gasteiger partial charge in [0.25, 0.3) is 0 Å². The fourth-order valence-electron chi connectivity index (χ4n) is 2.69. The Kier molecular flexibility index (Phi) is 3.45. The number of hydrogen-bond acceptors (Lipinski definition) is 2. The second-order valence-corrected chi connectivity index (χ2v) is 5.57. The van der Waals surface area contributed by atoms with Gasteiger partial charge in [-0.3, -0.25) is 0 Å². The average molecular weight is 278 g/mol. The van der Waals surface area contributed by atoms with Crippen molar-refractivity contribution >= 4 is 0 Å². The van der Waals surface area contributed by atoms with Gasteiger partial charge in [-0.05, 0) is 37.1 Å². The Morgan fingerprint density at radius 3 is 2.57 bits per heavy atom.